The maximum absolute atomic E-state index is 12.3. The van der Waals surface area contributed by atoms with Crippen LogP contribution in [0.2, 0.25) is 0 Å². The van der Waals surface area contributed by atoms with Crippen molar-refractivity contribution in [1.29, 1.82) is 0 Å². The van der Waals surface area contributed by atoms with E-state index in [1.54, 1.807) is 13.0 Å². The number of fused-ring (bicyclic) bond motifs is 1. The van der Waals surface area contributed by atoms with Crippen LogP contribution < -0.4 is 14.8 Å². The molecule has 3 aromatic rings. The summed E-state index contributed by atoms with van der Waals surface area (Å²) in [6, 6.07) is 16.5. The summed E-state index contributed by atoms with van der Waals surface area (Å²) in [5.41, 5.74) is 1.19. The Balaban J connectivity index is 1.26. The Morgan fingerprint density at radius 1 is 1.10 bits per heavy atom. The molecule has 0 saturated heterocycles. The lowest BCUT2D eigenvalue weighted by molar-refractivity contribution is -0.124. The fraction of sp³-hybridized carbons (Fsp3) is 0.238. The molecule has 154 valence electrons. The van der Waals surface area contributed by atoms with Gasteiger partial charge in [0.1, 0.15) is 12.7 Å². The van der Waals surface area contributed by atoms with Crippen LogP contribution in [0, 0.1) is 6.92 Å². The normalized spacial score (nSPS) is 14.8. The lowest BCUT2D eigenvalue weighted by Crippen LogP contribution is -2.42. The van der Waals surface area contributed by atoms with Crippen LogP contribution in [-0.4, -0.2) is 52.7 Å². The van der Waals surface area contributed by atoms with E-state index in [1.165, 1.54) is 4.80 Å². The average molecular weight is 408 g/mol. The van der Waals surface area contributed by atoms with Gasteiger partial charge in [0.25, 0.3) is 5.91 Å². The Labute approximate surface area is 172 Å². The predicted octanol–water partition coefficient (Wildman–Crippen LogP) is 1.69. The first-order valence-electron chi connectivity index (χ1n) is 9.42. The second-order valence-corrected chi connectivity index (χ2v) is 6.64. The Hall–Kier alpha value is -3.88. The summed E-state index contributed by atoms with van der Waals surface area (Å²) < 4.78 is 16.4. The van der Waals surface area contributed by atoms with E-state index in [1.807, 2.05) is 48.5 Å². The van der Waals surface area contributed by atoms with Gasteiger partial charge in [-0.25, -0.2) is 4.79 Å². The Kier molecular flexibility index (Phi) is 5.60. The molecule has 0 bridgehead atoms. The molecule has 2 aromatic carbocycles. The highest BCUT2D eigenvalue weighted by atomic mass is 16.6. The number of para-hydroxylation sites is 3. The number of carbonyl (C=O) groups is 2. The van der Waals surface area contributed by atoms with Crippen molar-refractivity contribution in [3.05, 3.63) is 66.0 Å². The first-order chi connectivity index (χ1) is 14.6. The smallest absolute Gasteiger partial charge is 0.361 e. The molecule has 0 radical (unpaired) electrons. The van der Waals surface area contributed by atoms with Gasteiger partial charge in [0.15, 0.2) is 23.8 Å². The van der Waals surface area contributed by atoms with Crippen LogP contribution >= 0.6 is 0 Å². The minimum Gasteiger partial charge on any atom is -0.486 e. The molecule has 2 heterocycles. The average Bonchev–Trinajstić information content (AvgIpc) is 3.18. The first-order valence-corrected chi connectivity index (χ1v) is 9.42. The zero-order valence-electron chi connectivity index (χ0n) is 16.3. The van der Waals surface area contributed by atoms with E-state index >= 15 is 0 Å². The second kappa shape index (κ2) is 8.64. The third-order valence-corrected chi connectivity index (χ3v) is 4.39. The molecule has 1 aromatic heterocycles. The third kappa shape index (κ3) is 4.40. The summed E-state index contributed by atoms with van der Waals surface area (Å²) in [7, 11) is 0. The van der Waals surface area contributed by atoms with Gasteiger partial charge in [-0.3, -0.25) is 4.79 Å². The topological polar surface area (TPSA) is 105 Å². The van der Waals surface area contributed by atoms with Crippen LogP contribution in [-0.2, 0) is 9.53 Å². The summed E-state index contributed by atoms with van der Waals surface area (Å²) in [5.74, 6) is 0.147. The lowest BCUT2D eigenvalue weighted by Gasteiger charge is -2.26. The van der Waals surface area contributed by atoms with Crippen molar-refractivity contribution in [1.82, 2.24) is 20.3 Å². The van der Waals surface area contributed by atoms with Gasteiger partial charge in [-0.2, -0.15) is 9.90 Å². The van der Waals surface area contributed by atoms with Gasteiger partial charge >= 0.3 is 5.97 Å². The van der Waals surface area contributed by atoms with Crippen LogP contribution in [0.5, 0.6) is 11.5 Å². The lowest BCUT2D eigenvalue weighted by atomic mass is 10.2. The largest absolute Gasteiger partial charge is 0.486 e. The zero-order chi connectivity index (χ0) is 20.9. The fourth-order valence-corrected chi connectivity index (χ4v) is 2.89. The minimum atomic E-state index is -0.712. The van der Waals surface area contributed by atoms with Crippen LogP contribution in [0.1, 0.15) is 16.2 Å². The van der Waals surface area contributed by atoms with E-state index < -0.39 is 18.5 Å². The van der Waals surface area contributed by atoms with E-state index in [0.717, 1.165) is 0 Å². The van der Waals surface area contributed by atoms with Gasteiger partial charge in [0, 0.05) is 0 Å². The van der Waals surface area contributed by atoms with Gasteiger partial charge in [0.2, 0.25) is 0 Å². The Morgan fingerprint density at radius 2 is 1.83 bits per heavy atom. The number of aryl methyl sites for hydroxylation is 1. The number of hydrogen-bond donors (Lipinski definition) is 1. The SMILES string of the molecule is Cc1nn(-c2ccccc2)nc1C(=O)OCC(=O)NC[C@H]1COc2ccccc2O1. The molecule has 30 heavy (non-hydrogen) atoms. The van der Waals surface area contributed by atoms with Crippen molar-refractivity contribution >= 4 is 11.9 Å². The monoisotopic (exact) mass is 408 g/mol. The van der Waals surface area contributed by atoms with E-state index in [-0.39, 0.29) is 18.3 Å². The molecule has 0 saturated carbocycles. The molecule has 1 N–H and O–H groups in total. The van der Waals surface area contributed by atoms with Crippen molar-refractivity contribution in [2.75, 3.05) is 19.8 Å². The number of carbonyl (C=O) groups excluding carboxylic acids is 2. The maximum atomic E-state index is 12.3. The predicted molar refractivity (Wildman–Crippen MR) is 106 cm³/mol. The van der Waals surface area contributed by atoms with E-state index in [9.17, 15) is 9.59 Å². The molecule has 1 aliphatic heterocycles. The molecule has 9 nitrogen and oxygen atoms in total. The molecule has 1 aliphatic rings. The summed E-state index contributed by atoms with van der Waals surface area (Å²) in [6.45, 7) is 1.77. The fourth-order valence-electron chi connectivity index (χ4n) is 2.89. The van der Waals surface area contributed by atoms with E-state index in [4.69, 9.17) is 14.2 Å². The molecule has 9 heteroatoms. The number of benzene rings is 2. The molecule has 1 atom stereocenters. The van der Waals surface area contributed by atoms with Crippen molar-refractivity contribution in [2.45, 2.75) is 13.0 Å². The summed E-state index contributed by atoms with van der Waals surface area (Å²) in [4.78, 5) is 25.7. The molecular formula is C21H20N4O5. The molecule has 1 amide bonds. The first kappa shape index (κ1) is 19.4. The zero-order valence-corrected chi connectivity index (χ0v) is 16.3. The number of hydrogen-bond acceptors (Lipinski definition) is 7. The number of nitrogens with one attached hydrogen (secondary N) is 1. The Morgan fingerprint density at radius 3 is 2.63 bits per heavy atom. The van der Waals surface area contributed by atoms with Crippen molar-refractivity contribution in [3.8, 4) is 17.2 Å². The number of nitrogens with zero attached hydrogens (tertiary/aromatic N) is 3. The number of aromatic nitrogens is 3. The molecule has 0 fully saturated rings. The van der Waals surface area contributed by atoms with Gasteiger partial charge < -0.3 is 19.5 Å². The summed E-state index contributed by atoms with van der Waals surface area (Å²) in [6.07, 6.45) is -0.326. The van der Waals surface area contributed by atoms with Gasteiger partial charge in [0.05, 0.1) is 17.9 Å². The van der Waals surface area contributed by atoms with Crippen LogP contribution in [0.15, 0.2) is 54.6 Å². The van der Waals surface area contributed by atoms with Crippen LogP contribution in [0.25, 0.3) is 5.69 Å². The summed E-state index contributed by atoms with van der Waals surface area (Å²) in [5, 5.41) is 11.1. The van der Waals surface area contributed by atoms with E-state index in [2.05, 4.69) is 15.5 Å². The summed E-state index contributed by atoms with van der Waals surface area (Å²) >= 11 is 0. The van der Waals surface area contributed by atoms with Gasteiger partial charge in [-0.15, -0.1) is 5.10 Å². The molecule has 0 aliphatic carbocycles. The van der Waals surface area contributed by atoms with Crippen molar-refractivity contribution in [3.63, 3.8) is 0 Å². The quantitative estimate of drug-likeness (QED) is 0.619. The Bertz CT molecular complexity index is 1050. The standard InChI is InChI=1S/C21H20N4O5/c1-14-20(24-25(23-14)15-7-3-2-4-8-15)21(27)29-13-19(26)22-11-16-12-28-17-9-5-6-10-18(17)30-16/h2-10,16H,11-13H2,1H3,(H,22,26)/t16-/m0/s1. The molecule has 4 rings (SSSR count). The number of rotatable bonds is 6. The molecule has 0 unspecified atom stereocenters. The third-order valence-electron chi connectivity index (χ3n) is 4.39. The molecular weight excluding hydrogens is 388 g/mol. The molecule has 0 spiro atoms. The van der Waals surface area contributed by atoms with Gasteiger partial charge in [-0.05, 0) is 31.2 Å². The number of esters is 1. The highest BCUT2D eigenvalue weighted by Crippen LogP contribution is 2.30. The van der Waals surface area contributed by atoms with E-state index in [0.29, 0.717) is 29.5 Å². The van der Waals surface area contributed by atoms with Crippen molar-refractivity contribution in [2.24, 2.45) is 0 Å². The maximum Gasteiger partial charge on any atom is 0.361 e. The number of ether oxygens (including phenoxy) is 3. The second-order valence-electron chi connectivity index (χ2n) is 6.64. The van der Waals surface area contributed by atoms with Crippen LogP contribution in [0.4, 0.5) is 0 Å². The van der Waals surface area contributed by atoms with Crippen molar-refractivity contribution < 1.29 is 23.8 Å². The van der Waals surface area contributed by atoms with Crippen LogP contribution in [0.3, 0.4) is 0 Å². The highest BCUT2D eigenvalue weighted by Gasteiger charge is 2.22. The minimum absolute atomic E-state index is 0.0623. The highest BCUT2D eigenvalue weighted by molar-refractivity contribution is 5.90. The number of amides is 1. The van der Waals surface area contributed by atoms with Gasteiger partial charge in [-0.1, -0.05) is 30.3 Å².